The highest BCUT2D eigenvalue weighted by molar-refractivity contribution is 5.82. The van der Waals surface area contributed by atoms with Crippen molar-refractivity contribution in [3.8, 4) is 0 Å². The molecule has 1 aromatic heterocycles. The van der Waals surface area contributed by atoms with E-state index in [1.807, 2.05) is 91.0 Å². The fourth-order valence-corrected chi connectivity index (χ4v) is 3.52. The molecule has 4 aromatic rings. The topological polar surface area (TPSA) is 77.8 Å². The van der Waals surface area contributed by atoms with Crippen molar-refractivity contribution in [1.29, 1.82) is 0 Å². The van der Waals surface area contributed by atoms with Gasteiger partial charge in [-0.05, 0) is 17.7 Å². The lowest BCUT2D eigenvalue weighted by atomic mass is 10.1. The Bertz CT molecular complexity index is 1150. The number of esters is 1. The minimum atomic E-state index is -0.887. The first-order chi connectivity index (χ1) is 15.6. The van der Waals surface area contributed by atoms with Crippen molar-refractivity contribution >= 4 is 23.0 Å². The average Bonchev–Trinajstić information content (AvgIpc) is 3.27. The summed E-state index contributed by atoms with van der Waals surface area (Å²) in [6.45, 7) is 0. The third kappa shape index (κ3) is 4.98. The van der Waals surface area contributed by atoms with Gasteiger partial charge in [-0.2, -0.15) is 0 Å². The Kier molecular flexibility index (Phi) is 6.51. The molecular formula is C26H23NO5. The van der Waals surface area contributed by atoms with Crippen LogP contribution in [-0.2, 0) is 20.7 Å². The SMILES string of the molecule is COC(=O)C(Cc1ccccc1)NC(=O)O[C@H](c1ccccc1)c1cc2ccccc2o1. The number of para-hydroxylation sites is 1. The summed E-state index contributed by atoms with van der Waals surface area (Å²) < 4.78 is 16.6. The van der Waals surface area contributed by atoms with E-state index < -0.39 is 24.2 Å². The van der Waals surface area contributed by atoms with E-state index in [4.69, 9.17) is 13.9 Å². The van der Waals surface area contributed by atoms with E-state index >= 15 is 0 Å². The maximum absolute atomic E-state index is 12.9. The van der Waals surface area contributed by atoms with Gasteiger partial charge in [-0.1, -0.05) is 78.9 Å². The number of benzene rings is 3. The van der Waals surface area contributed by atoms with Crippen LogP contribution < -0.4 is 5.32 Å². The number of nitrogens with one attached hydrogen (secondary N) is 1. The molecular weight excluding hydrogens is 406 g/mol. The minimum absolute atomic E-state index is 0.281. The maximum atomic E-state index is 12.9. The van der Waals surface area contributed by atoms with E-state index in [1.54, 1.807) is 0 Å². The second-order valence-corrected chi connectivity index (χ2v) is 7.29. The number of rotatable bonds is 7. The van der Waals surface area contributed by atoms with Gasteiger partial charge in [0.2, 0.25) is 0 Å². The van der Waals surface area contributed by atoms with Gasteiger partial charge in [0.05, 0.1) is 7.11 Å². The zero-order chi connectivity index (χ0) is 22.3. The van der Waals surface area contributed by atoms with E-state index in [0.29, 0.717) is 11.3 Å². The number of hydrogen-bond donors (Lipinski definition) is 1. The smallest absolute Gasteiger partial charge is 0.408 e. The molecule has 1 heterocycles. The molecule has 0 aliphatic carbocycles. The highest BCUT2D eigenvalue weighted by Crippen LogP contribution is 2.31. The Balaban J connectivity index is 1.56. The van der Waals surface area contributed by atoms with Crippen LogP contribution in [0.1, 0.15) is 23.0 Å². The maximum Gasteiger partial charge on any atom is 0.408 e. The summed E-state index contributed by atoms with van der Waals surface area (Å²) in [6, 6.07) is 27.2. The molecule has 6 heteroatoms. The number of alkyl carbamates (subject to hydrolysis) is 1. The first kappa shape index (κ1) is 21.2. The Hall–Kier alpha value is -4.06. The van der Waals surface area contributed by atoms with E-state index in [9.17, 15) is 9.59 Å². The molecule has 0 saturated carbocycles. The zero-order valence-corrected chi connectivity index (χ0v) is 17.6. The predicted octanol–water partition coefficient (Wildman–Crippen LogP) is 5.03. The monoisotopic (exact) mass is 429 g/mol. The van der Waals surface area contributed by atoms with Crippen LogP contribution in [0.4, 0.5) is 4.79 Å². The van der Waals surface area contributed by atoms with Gasteiger partial charge in [-0.25, -0.2) is 9.59 Å². The van der Waals surface area contributed by atoms with Crippen molar-refractivity contribution in [3.63, 3.8) is 0 Å². The standard InChI is InChI=1S/C26H23NO5/c1-30-25(28)21(16-18-10-4-2-5-11-18)27-26(29)32-24(19-12-6-3-7-13-19)23-17-20-14-8-9-15-22(20)31-23/h2-15,17,21,24H,16H2,1H3,(H,27,29)/t21?,24-/m1/s1. The zero-order valence-electron chi connectivity index (χ0n) is 17.6. The molecule has 32 heavy (non-hydrogen) atoms. The van der Waals surface area contributed by atoms with Gasteiger partial charge >= 0.3 is 12.1 Å². The summed E-state index contributed by atoms with van der Waals surface area (Å²) in [7, 11) is 1.29. The normalized spacial score (nSPS) is 12.7. The highest BCUT2D eigenvalue weighted by atomic mass is 16.6. The Morgan fingerprint density at radius 3 is 2.25 bits per heavy atom. The molecule has 0 spiro atoms. The van der Waals surface area contributed by atoms with Gasteiger partial charge in [0, 0.05) is 17.4 Å². The minimum Gasteiger partial charge on any atom is -0.467 e. The van der Waals surface area contributed by atoms with Crippen molar-refractivity contribution < 1.29 is 23.5 Å². The summed E-state index contributed by atoms with van der Waals surface area (Å²) in [5.74, 6) is -0.0592. The Morgan fingerprint density at radius 2 is 1.56 bits per heavy atom. The molecule has 3 aromatic carbocycles. The summed E-state index contributed by atoms with van der Waals surface area (Å²) in [4.78, 5) is 25.1. The summed E-state index contributed by atoms with van der Waals surface area (Å²) >= 11 is 0. The Labute approximate surface area is 185 Å². The predicted molar refractivity (Wildman–Crippen MR) is 120 cm³/mol. The van der Waals surface area contributed by atoms with E-state index in [0.717, 1.165) is 16.5 Å². The number of furan rings is 1. The quantitative estimate of drug-likeness (QED) is 0.417. The second-order valence-electron chi connectivity index (χ2n) is 7.29. The molecule has 0 radical (unpaired) electrons. The van der Waals surface area contributed by atoms with E-state index in [-0.39, 0.29) is 6.42 Å². The van der Waals surface area contributed by atoms with Gasteiger partial charge in [0.1, 0.15) is 11.6 Å². The number of carbonyl (C=O) groups excluding carboxylic acids is 2. The van der Waals surface area contributed by atoms with E-state index in [2.05, 4.69) is 5.32 Å². The molecule has 0 aliphatic heterocycles. The van der Waals surface area contributed by atoms with Gasteiger partial charge in [0.25, 0.3) is 0 Å². The molecule has 2 atom stereocenters. The van der Waals surface area contributed by atoms with Crippen LogP contribution in [0.3, 0.4) is 0 Å². The average molecular weight is 429 g/mol. The molecule has 6 nitrogen and oxygen atoms in total. The number of fused-ring (bicyclic) bond motifs is 1. The van der Waals surface area contributed by atoms with Gasteiger partial charge in [0.15, 0.2) is 11.9 Å². The van der Waals surface area contributed by atoms with Gasteiger partial charge in [-0.15, -0.1) is 0 Å². The number of amides is 1. The van der Waals surface area contributed by atoms with Crippen molar-refractivity contribution in [1.82, 2.24) is 5.32 Å². The molecule has 1 unspecified atom stereocenters. The third-order valence-electron chi connectivity index (χ3n) is 5.09. The molecule has 162 valence electrons. The first-order valence-electron chi connectivity index (χ1n) is 10.3. The van der Waals surface area contributed by atoms with Crippen LogP contribution in [-0.4, -0.2) is 25.2 Å². The number of hydrogen-bond acceptors (Lipinski definition) is 5. The fourth-order valence-electron chi connectivity index (χ4n) is 3.52. The molecule has 1 amide bonds. The lowest BCUT2D eigenvalue weighted by Gasteiger charge is -2.20. The molecule has 1 N–H and O–H groups in total. The van der Waals surface area contributed by atoms with Crippen molar-refractivity contribution in [2.75, 3.05) is 7.11 Å². The lowest BCUT2D eigenvalue weighted by molar-refractivity contribution is -0.143. The second kappa shape index (κ2) is 9.83. The summed E-state index contributed by atoms with van der Waals surface area (Å²) in [5.41, 5.74) is 2.34. The fraction of sp³-hybridized carbons (Fsp3) is 0.154. The molecule has 4 rings (SSSR count). The van der Waals surface area contributed by atoms with Crippen molar-refractivity contribution in [2.45, 2.75) is 18.6 Å². The first-order valence-corrected chi connectivity index (χ1v) is 10.3. The molecule has 0 bridgehead atoms. The lowest BCUT2D eigenvalue weighted by Crippen LogP contribution is -2.43. The van der Waals surface area contributed by atoms with Crippen LogP contribution in [0.15, 0.2) is 95.4 Å². The van der Waals surface area contributed by atoms with Crippen molar-refractivity contribution in [3.05, 3.63) is 108 Å². The number of carbonyl (C=O) groups is 2. The molecule has 0 aliphatic rings. The number of methoxy groups -OCH3 is 1. The molecule has 0 saturated heterocycles. The number of ether oxygens (including phenoxy) is 2. The van der Waals surface area contributed by atoms with Crippen LogP contribution in [0, 0.1) is 0 Å². The van der Waals surface area contributed by atoms with Crippen LogP contribution in [0.5, 0.6) is 0 Å². The summed E-state index contributed by atoms with van der Waals surface area (Å²) in [5, 5.41) is 3.55. The third-order valence-corrected chi connectivity index (χ3v) is 5.09. The van der Waals surface area contributed by atoms with Crippen LogP contribution >= 0.6 is 0 Å². The molecule has 0 fully saturated rings. The van der Waals surface area contributed by atoms with Gasteiger partial charge in [-0.3, -0.25) is 0 Å². The van der Waals surface area contributed by atoms with Gasteiger partial charge < -0.3 is 19.2 Å². The van der Waals surface area contributed by atoms with E-state index in [1.165, 1.54) is 7.11 Å². The van der Waals surface area contributed by atoms with Crippen LogP contribution in [0.25, 0.3) is 11.0 Å². The largest absolute Gasteiger partial charge is 0.467 e. The van der Waals surface area contributed by atoms with Crippen LogP contribution in [0.2, 0.25) is 0 Å². The van der Waals surface area contributed by atoms with Crippen molar-refractivity contribution in [2.24, 2.45) is 0 Å². The summed E-state index contributed by atoms with van der Waals surface area (Å²) in [6.07, 6.45) is -1.24. The highest BCUT2D eigenvalue weighted by Gasteiger charge is 2.27. The Morgan fingerprint density at radius 1 is 0.906 bits per heavy atom.